The molecule has 0 aromatic heterocycles. The Morgan fingerprint density at radius 1 is 1.14 bits per heavy atom. The van der Waals surface area contributed by atoms with Crippen molar-refractivity contribution in [2.45, 2.75) is 46.1 Å². The Bertz CT molecular complexity index is 289. The van der Waals surface area contributed by atoms with E-state index in [0.717, 1.165) is 19.3 Å². The molecular formula is C16H32N2O3. The van der Waals surface area contributed by atoms with E-state index in [4.69, 9.17) is 15.2 Å². The SMILES string of the molecule is CCOCCN(CCOCC)C(=O)C1CC(N)CCC1C. The summed E-state index contributed by atoms with van der Waals surface area (Å²) in [6.45, 7) is 9.90. The zero-order valence-corrected chi connectivity index (χ0v) is 13.8. The van der Waals surface area contributed by atoms with E-state index < -0.39 is 0 Å². The summed E-state index contributed by atoms with van der Waals surface area (Å²) >= 11 is 0. The first-order valence-corrected chi connectivity index (χ1v) is 8.29. The quantitative estimate of drug-likeness (QED) is 0.658. The van der Waals surface area contributed by atoms with Gasteiger partial charge in [-0.2, -0.15) is 0 Å². The lowest BCUT2D eigenvalue weighted by Gasteiger charge is -2.35. The minimum atomic E-state index is 0.0528. The number of rotatable bonds is 9. The van der Waals surface area contributed by atoms with E-state index >= 15 is 0 Å². The van der Waals surface area contributed by atoms with Gasteiger partial charge in [-0.3, -0.25) is 4.79 Å². The molecule has 1 aliphatic rings. The Morgan fingerprint density at radius 3 is 2.24 bits per heavy atom. The monoisotopic (exact) mass is 300 g/mol. The van der Waals surface area contributed by atoms with Crippen LogP contribution in [0.5, 0.6) is 0 Å². The Kier molecular flexibility index (Phi) is 8.88. The minimum Gasteiger partial charge on any atom is -0.380 e. The van der Waals surface area contributed by atoms with Crippen LogP contribution < -0.4 is 5.73 Å². The van der Waals surface area contributed by atoms with Crippen molar-refractivity contribution in [3.05, 3.63) is 0 Å². The highest BCUT2D eigenvalue weighted by molar-refractivity contribution is 5.79. The van der Waals surface area contributed by atoms with Crippen LogP contribution in [0.1, 0.15) is 40.0 Å². The molecule has 0 bridgehead atoms. The van der Waals surface area contributed by atoms with Crippen LogP contribution in [-0.4, -0.2) is 56.4 Å². The summed E-state index contributed by atoms with van der Waals surface area (Å²) < 4.78 is 10.8. The lowest BCUT2D eigenvalue weighted by Crippen LogP contribution is -2.46. The number of nitrogens with zero attached hydrogens (tertiary/aromatic N) is 1. The summed E-state index contributed by atoms with van der Waals surface area (Å²) in [5.74, 6) is 0.688. The Morgan fingerprint density at radius 2 is 1.71 bits per heavy atom. The first kappa shape index (κ1) is 18.4. The van der Waals surface area contributed by atoms with Crippen molar-refractivity contribution in [3.63, 3.8) is 0 Å². The highest BCUT2D eigenvalue weighted by atomic mass is 16.5. The summed E-state index contributed by atoms with van der Waals surface area (Å²) in [4.78, 5) is 14.7. The van der Waals surface area contributed by atoms with Crippen molar-refractivity contribution in [2.24, 2.45) is 17.6 Å². The predicted molar refractivity (Wildman–Crippen MR) is 84.0 cm³/mol. The van der Waals surface area contributed by atoms with Crippen molar-refractivity contribution in [2.75, 3.05) is 39.5 Å². The number of hydrogen-bond donors (Lipinski definition) is 1. The highest BCUT2D eigenvalue weighted by Crippen LogP contribution is 2.30. The van der Waals surface area contributed by atoms with E-state index in [1.54, 1.807) is 0 Å². The third-order valence-corrected chi connectivity index (χ3v) is 4.28. The number of amides is 1. The first-order chi connectivity index (χ1) is 10.1. The smallest absolute Gasteiger partial charge is 0.226 e. The summed E-state index contributed by atoms with van der Waals surface area (Å²) in [6, 6.07) is 0.163. The van der Waals surface area contributed by atoms with Crippen LogP contribution in [0.25, 0.3) is 0 Å². The van der Waals surface area contributed by atoms with Gasteiger partial charge in [0.2, 0.25) is 5.91 Å². The summed E-state index contributed by atoms with van der Waals surface area (Å²) in [6.07, 6.45) is 2.88. The van der Waals surface area contributed by atoms with Gasteiger partial charge in [0.1, 0.15) is 0 Å². The van der Waals surface area contributed by atoms with Crippen molar-refractivity contribution in [1.29, 1.82) is 0 Å². The van der Waals surface area contributed by atoms with Crippen LogP contribution in [0.3, 0.4) is 0 Å². The molecule has 1 rings (SSSR count). The topological polar surface area (TPSA) is 64.8 Å². The first-order valence-electron chi connectivity index (χ1n) is 8.29. The maximum absolute atomic E-state index is 12.8. The molecule has 0 aromatic carbocycles. The van der Waals surface area contributed by atoms with Crippen molar-refractivity contribution < 1.29 is 14.3 Å². The molecule has 3 unspecified atom stereocenters. The Labute approximate surface area is 129 Å². The van der Waals surface area contributed by atoms with Gasteiger partial charge in [0.15, 0.2) is 0 Å². The Balaban J connectivity index is 2.58. The number of hydrogen-bond acceptors (Lipinski definition) is 4. The molecule has 3 atom stereocenters. The average Bonchev–Trinajstić information content (AvgIpc) is 2.48. The molecule has 0 aliphatic heterocycles. The number of ether oxygens (including phenoxy) is 2. The highest BCUT2D eigenvalue weighted by Gasteiger charge is 2.33. The molecule has 0 heterocycles. The van der Waals surface area contributed by atoms with Crippen LogP contribution in [0.4, 0.5) is 0 Å². The molecule has 0 radical (unpaired) electrons. The average molecular weight is 300 g/mol. The summed E-state index contributed by atoms with van der Waals surface area (Å²) in [5.41, 5.74) is 6.05. The molecule has 1 aliphatic carbocycles. The van der Waals surface area contributed by atoms with E-state index in [9.17, 15) is 4.79 Å². The van der Waals surface area contributed by atoms with Crippen molar-refractivity contribution in [1.82, 2.24) is 4.90 Å². The van der Waals surface area contributed by atoms with Crippen LogP contribution in [0.15, 0.2) is 0 Å². The molecular weight excluding hydrogens is 268 g/mol. The zero-order chi connectivity index (χ0) is 15.7. The van der Waals surface area contributed by atoms with E-state index in [1.807, 2.05) is 18.7 Å². The van der Waals surface area contributed by atoms with Gasteiger partial charge < -0.3 is 20.1 Å². The molecule has 0 aromatic rings. The zero-order valence-electron chi connectivity index (χ0n) is 13.8. The second kappa shape index (κ2) is 10.1. The second-order valence-corrected chi connectivity index (χ2v) is 5.88. The number of nitrogens with two attached hydrogens (primary N) is 1. The maximum atomic E-state index is 12.8. The van der Waals surface area contributed by atoms with Gasteiger partial charge in [0.25, 0.3) is 0 Å². The van der Waals surface area contributed by atoms with Gasteiger partial charge in [0, 0.05) is 38.3 Å². The fourth-order valence-electron chi connectivity index (χ4n) is 2.90. The maximum Gasteiger partial charge on any atom is 0.226 e. The number of carbonyl (C=O) groups excluding carboxylic acids is 1. The summed E-state index contributed by atoms with van der Waals surface area (Å²) in [7, 11) is 0. The standard InChI is InChI=1S/C16H32N2O3/c1-4-20-10-8-18(9-11-21-5-2)16(19)15-12-14(17)7-6-13(15)3/h13-15H,4-12,17H2,1-3H3. The minimum absolute atomic E-state index is 0.0528. The van der Waals surface area contributed by atoms with E-state index in [-0.39, 0.29) is 17.9 Å². The molecule has 21 heavy (non-hydrogen) atoms. The van der Waals surface area contributed by atoms with Crippen LogP contribution in [0, 0.1) is 11.8 Å². The third kappa shape index (κ3) is 6.32. The van der Waals surface area contributed by atoms with Crippen molar-refractivity contribution in [3.8, 4) is 0 Å². The Hall–Kier alpha value is -0.650. The lowest BCUT2D eigenvalue weighted by atomic mass is 9.77. The fourth-order valence-corrected chi connectivity index (χ4v) is 2.90. The normalized spacial score (nSPS) is 25.8. The van der Waals surface area contributed by atoms with E-state index in [2.05, 4.69) is 6.92 Å². The van der Waals surface area contributed by atoms with Gasteiger partial charge in [-0.25, -0.2) is 0 Å². The molecule has 2 N–H and O–H groups in total. The van der Waals surface area contributed by atoms with Gasteiger partial charge in [0.05, 0.1) is 13.2 Å². The second-order valence-electron chi connectivity index (χ2n) is 5.88. The van der Waals surface area contributed by atoms with Gasteiger partial charge in [-0.05, 0) is 39.0 Å². The molecule has 5 heteroatoms. The third-order valence-electron chi connectivity index (χ3n) is 4.28. The molecule has 1 amide bonds. The van der Waals surface area contributed by atoms with Crippen LogP contribution >= 0.6 is 0 Å². The van der Waals surface area contributed by atoms with E-state index in [1.165, 1.54) is 0 Å². The molecule has 124 valence electrons. The molecule has 0 saturated heterocycles. The van der Waals surface area contributed by atoms with Gasteiger partial charge in [-0.15, -0.1) is 0 Å². The largest absolute Gasteiger partial charge is 0.380 e. The van der Waals surface area contributed by atoms with Crippen LogP contribution in [0.2, 0.25) is 0 Å². The number of carbonyl (C=O) groups is 1. The molecule has 5 nitrogen and oxygen atoms in total. The fraction of sp³-hybridized carbons (Fsp3) is 0.938. The molecule has 1 fully saturated rings. The van der Waals surface area contributed by atoms with Gasteiger partial charge in [-0.1, -0.05) is 6.92 Å². The van der Waals surface area contributed by atoms with Crippen LogP contribution in [-0.2, 0) is 14.3 Å². The van der Waals surface area contributed by atoms with Crippen molar-refractivity contribution >= 4 is 5.91 Å². The van der Waals surface area contributed by atoms with E-state index in [0.29, 0.717) is 45.4 Å². The summed E-state index contributed by atoms with van der Waals surface area (Å²) in [5, 5.41) is 0. The molecule has 1 saturated carbocycles. The lowest BCUT2D eigenvalue weighted by molar-refractivity contribution is -0.140. The molecule has 0 spiro atoms. The predicted octanol–water partition coefficient (Wildman–Crippen LogP) is 1.65. The van der Waals surface area contributed by atoms with Gasteiger partial charge >= 0.3 is 0 Å².